The highest BCUT2D eigenvalue weighted by atomic mass is 16.4. The number of hydrogen-bond acceptors (Lipinski definition) is 4. The number of fused-ring (bicyclic) bond motifs is 5. The van der Waals surface area contributed by atoms with Crippen molar-refractivity contribution in [1.82, 2.24) is 14.9 Å². The van der Waals surface area contributed by atoms with Gasteiger partial charge in [0.15, 0.2) is 0 Å². The van der Waals surface area contributed by atoms with Gasteiger partial charge in [-0.05, 0) is 56.5 Å². The first kappa shape index (κ1) is 19.6. The van der Waals surface area contributed by atoms with E-state index in [9.17, 15) is 19.5 Å². The van der Waals surface area contributed by atoms with E-state index in [2.05, 4.69) is 15.6 Å². The fourth-order valence-electron chi connectivity index (χ4n) is 3.81. The molecule has 1 aliphatic heterocycles. The minimum Gasteiger partial charge on any atom is -0.478 e. The molecule has 0 saturated heterocycles. The molecule has 3 N–H and O–H groups in total. The Labute approximate surface area is 172 Å². The molecule has 30 heavy (non-hydrogen) atoms. The molecule has 8 heteroatoms. The Morgan fingerprint density at radius 1 is 1.10 bits per heavy atom. The zero-order valence-electron chi connectivity index (χ0n) is 16.5. The van der Waals surface area contributed by atoms with Gasteiger partial charge in [0, 0.05) is 23.7 Å². The summed E-state index contributed by atoms with van der Waals surface area (Å²) < 4.78 is 1.80. The standard InChI is InChI=1S/C22H22N4O4/c1-13-6-2-3-11-23-19(27)14-7-4-8-15(12-14)20(28)25-22-24-17-10-5-9-16(21(29)30)18(17)26(13)22/h4-5,7-10,12-13H,2-3,6,11H2,1H3,(H,23,27)(H,29,30)(H,24,25,28). The molecule has 0 saturated carbocycles. The predicted octanol–water partition coefficient (Wildman–Crippen LogP) is 3.46. The van der Waals surface area contributed by atoms with Gasteiger partial charge in [-0.1, -0.05) is 12.1 Å². The van der Waals surface area contributed by atoms with E-state index >= 15 is 0 Å². The smallest absolute Gasteiger partial charge is 0.337 e. The molecule has 154 valence electrons. The van der Waals surface area contributed by atoms with Crippen LogP contribution in [0.15, 0.2) is 42.5 Å². The van der Waals surface area contributed by atoms with Crippen LogP contribution in [-0.2, 0) is 0 Å². The molecular weight excluding hydrogens is 384 g/mol. The number of anilines is 1. The van der Waals surface area contributed by atoms with Gasteiger partial charge >= 0.3 is 5.97 Å². The number of benzene rings is 2. The Kier molecular flexibility index (Phi) is 5.22. The van der Waals surface area contributed by atoms with Crippen LogP contribution in [0.25, 0.3) is 11.0 Å². The maximum Gasteiger partial charge on any atom is 0.337 e. The fraction of sp³-hybridized carbons (Fsp3) is 0.273. The number of carboxylic acid groups (broad SMARTS) is 1. The van der Waals surface area contributed by atoms with E-state index in [1.807, 2.05) is 6.92 Å². The lowest BCUT2D eigenvalue weighted by Crippen LogP contribution is -2.25. The maximum absolute atomic E-state index is 12.9. The van der Waals surface area contributed by atoms with Crippen molar-refractivity contribution in [2.24, 2.45) is 0 Å². The van der Waals surface area contributed by atoms with Crippen molar-refractivity contribution in [3.63, 3.8) is 0 Å². The molecule has 1 unspecified atom stereocenters. The highest BCUT2D eigenvalue weighted by Gasteiger charge is 2.23. The van der Waals surface area contributed by atoms with Crippen LogP contribution < -0.4 is 10.6 Å². The highest BCUT2D eigenvalue weighted by Crippen LogP contribution is 2.30. The summed E-state index contributed by atoms with van der Waals surface area (Å²) in [5.74, 6) is -1.38. The van der Waals surface area contributed by atoms with Crippen LogP contribution in [0.3, 0.4) is 0 Å². The molecule has 1 atom stereocenters. The second kappa shape index (κ2) is 7.98. The van der Waals surface area contributed by atoms with Crippen molar-refractivity contribution < 1.29 is 19.5 Å². The Morgan fingerprint density at radius 2 is 1.83 bits per heavy atom. The number of carbonyl (C=O) groups is 3. The largest absolute Gasteiger partial charge is 0.478 e. The highest BCUT2D eigenvalue weighted by molar-refractivity contribution is 6.07. The van der Waals surface area contributed by atoms with E-state index < -0.39 is 11.9 Å². The summed E-state index contributed by atoms with van der Waals surface area (Å²) in [6, 6.07) is 11.3. The molecule has 0 spiro atoms. The predicted molar refractivity (Wildman–Crippen MR) is 112 cm³/mol. The minimum atomic E-state index is -1.04. The van der Waals surface area contributed by atoms with Gasteiger partial charge < -0.3 is 15.0 Å². The first-order chi connectivity index (χ1) is 14.5. The van der Waals surface area contributed by atoms with Crippen LogP contribution >= 0.6 is 0 Å². The molecule has 4 rings (SSSR count). The van der Waals surface area contributed by atoms with Crippen molar-refractivity contribution in [1.29, 1.82) is 0 Å². The van der Waals surface area contributed by atoms with Crippen LogP contribution in [-0.4, -0.2) is 39.0 Å². The lowest BCUT2D eigenvalue weighted by molar-refractivity contribution is 0.0698. The van der Waals surface area contributed by atoms with Crippen molar-refractivity contribution in [2.45, 2.75) is 32.2 Å². The van der Waals surface area contributed by atoms with E-state index in [1.165, 1.54) is 6.07 Å². The van der Waals surface area contributed by atoms with Crippen LogP contribution in [0.1, 0.15) is 63.3 Å². The summed E-state index contributed by atoms with van der Waals surface area (Å²) >= 11 is 0. The summed E-state index contributed by atoms with van der Waals surface area (Å²) in [5, 5.41) is 15.4. The van der Waals surface area contributed by atoms with E-state index in [1.54, 1.807) is 41.0 Å². The van der Waals surface area contributed by atoms with Gasteiger partial charge in [0.05, 0.1) is 16.6 Å². The van der Waals surface area contributed by atoms with Gasteiger partial charge in [-0.3, -0.25) is 14.9 Å². The van der Waals surface area contributed by atoms with E-state index in [0.29, 0.717) is 34.7 Å². The van der Waals surface area contributed by atoms with Crippen LogP contribution in [0, 0.1) is 0 Å². The molecule has 3 aromatic rings. The average molecular weight is 406 g/mol. The number of carboxylic acids is 1. The van der Waals surface area contributed by atoms with Crippen molar-refractivity contribution in [3.8, 4) is 0 Å². The van der Waals surface area contributed by atoms with Crippen molar-refractivity contribution in [2.75, 3.05) is 11.9 Å². The molecule has 2 bridgehead atoms. The lowest BCUT2D eigenvalue weighted by atomic mass is 10.1. The molecule has 1 aromatic heterocycles. The van der Waals surface area contributed by atoms with Gasteiger partial charge in [0.2, 0.25) is 5.95 Å². The first-order valence-electron chi connectivity index (χ1n) is 9.89. The fourth-order valence-corrected chi connectivity index (χ4v) is 3.81. The molecule has 0 radical (unpaired) electrons. The van der Waals surface area contributed by atoms with Gasteiger partial charge in [0.1, 0.15) is 0 Å². The summed E-state index contributed by atoms with van der Waals surface area (Å²) in [7, 11) is 0. The van der Waals surface area contributed by atoms with E-state index in [4.69, 9.17) is 0 Å². The number of nitrogens with zero attached hydrogens (tertiary/aromatic N) is 2. The first-order valence-corrected chi connectivity index (χ1v) is 9.89. The Hall–Kier alpha value is -3.68. The quantitative estimate of drug-likeness (QED) is 0.573. The second-order valence-electron chi connectivity index (χ2n) is 7.42. The van der Waals surface area contributed by atoms with Crippen molar-refractivity contribution >= 4 is 34.8 Å². The molecular formula is C22H22N4O4. The molecule has 0 aliphatic carbocycles. The number of nitrogens with one attached hydrogen (secondary N) is 2. The Bertz CT molecular complexity index is 1150. The summed E-state index contributed by atoms with van der Waals surface area (Å²) in [6.07, 6.45) is 2.35. The third kappa shape index (κ3) is 3.63. The number of aromatic nitrogens is 2. The normalized spacial score (nSPS) is 17.6. The number of hydrogen-bond donors (Lipinski definition) is 3. The van der Waals surface area contributed by atoms with Crippen LogP contribution in [0.2, 0.25) is 0 Å². The van der Waals surface area contributed by atoms with E-state index in [0.717, 1.165) is 19.3 Å². The molecule has 2 heterocycles. The Balaban J connectivity index is 1.85. The molecule has 8 nitrogen and oxygen atoms in total. The third-order valence-corrected chi connectivity index (χ3v) is 5.33. The number of imidazole rings is 1. The molecule has 0 fully saturated rings. The lowest BCUT2D eigenvalue weighted by Gasteiger charge is -2.19. The SMILES string of the molecule is CC1CCCCNC(=O)c2cccc(c2)C(=O)Nc2nc3cccc(C(=O)O)c3n21. The second-order valence-corrected chi connectivity index (χ2v) is 7.42. The van der Waals surface area contributed by atoms with Gasteiger partial charge in [0.25, 0.3) is 11.8 Å². The summed E-state index contributed by atoms with van der Waals surface area (Å²) in [5.41, 5.74) is 1.87. The number of para-hydroxylation sites is 1. The average Bonchev–Trinajstić information content (AvgIpc) is 3.10. The van der Waals surface area contributed by atoms with Crippen LogP contribution in [0.5, 0.6) is 0 Å². The third-order valence-electron chi connectivity index (χ3n) is 5.33. The zero-order chi connectivity index (χ0) is 21.3. The monoisotopic (exact) mass is 406 g/mol. The molecule has 1 aliphatic rings. The number of rotatable bonds is 1. The topological polar surface area (TPSA) is 113 Å². The van der Waals surface area contributed by atoms with Gasteiger partial charge in [-0.15, -0.1) is 0 Å². The molecule has 2 aromatic carbocycles. The van der Waals surface area contributed by atoms with Gasteiger partial charge in [-0.2, -0.15) is 0 Å². The van der Waals surface area contributed by atoms with Crippen molar-refractivity contribution in [3.05, 3.63) is 59.2 Å². The van der Waals surface area contributed by atoms with Gasteiger partial charge in [-0.25, -0.2) is 9.78 Å². The van der Waals surface area contributed by atoms with Crippen LogP contribution in [0.4, 0.5) is 5.95 Å². The number of carbonyl (C=O) groups excluding carboxylic acids is 2. The molecule has 2 amide bonds. The summed E-state index contributed by atoms with van der Waals surface area (Å²) in [4.78, 5) is 41.5. The zero-order valence-corrected chi connectivity index (χ0v) is 16.5. The minimum absolute atomic E-state index is 0.101. The Morgan fingerprint density at radius 3 is 2.60 bits per heavy atom. The number of amides is 2. The van der Waals surface area contributed by atoms with E-state index in [-0.39, 0.29) is 17.5 Å². The maximum atomic E-state index is 12.9. The summed E-state index contributed by atoms with van der Waals surface area (Å²) in [6.45, 7) is 2.50. The number of aromatic carboxylic acids is 1.